The zero-order chi connectivity index (χ0) is 22.6. The minimum absolute atomic E-state index is 0.320. The molecule has 2 aromatic heterocycles. The molecular weight excluding hydrogens is 419 g/mol. The molecule has 1 unspecified atom stereocenters. The van der Waals surface area contributed by atoms with Crippen LogP contribution >= 0.6 is 0 Å². The number of aromatic nitrogens is 3. The van der Waals surface area contributed by atoms with Crippen molar-refractivity contribution in [1.82, 2.24) is 19.9 Å². The molecule has 0 radical (unpaired) electrons. The number of para-hydroxylation sites is 2. The molecule has 0 bridgehead atoms. The van der Waals surface area contributed by atoms with E-state index in [1.54, 1.807) is 24.7 Å². The van der Waals surface area contributed by atoms with Gasteiger partial charge in [-0.15, -0.1) is 0 Å². The topological polar surface area (TPSA) is 75.1 Å². The van der Waals surface area contributed by atoms with Crippen molar-refractivity contribution >= 4 is 28.6 Å². The van der Waals surface area contributed by atoms with Gasteiger partial charge in [0.15, 0.2) is 0 Å². The number of rotatable bonds is 6. The molecular formula is C25H25FN6O. The normalized spacial score (nSPS) is 14.4. The summed E-state index contributed by atoms with van der Waals surface area (Å²) in [5.74, 6) is 0.605. The number of imidazole rings is 1. The number of hydrogen-bond acceptors (Lipinski definition) is 4. The molecule has 1 fully saturated rings. The van der Waals surface area contributed by atoms with Crippen LogP contribution in [0, 0.1) is 5.82 Å². The van der Waals surface area contributed by atoms with Gasteiger partial charge >= 0.3 is 6.03 Å². The van der Waals surface area contributed by atoms with Gasteiger partial charge in [0.1, 0.15) is 11.6 Å². The molecule has 1 saturated heterocycles. The maximum Gasteiger partial charge on any atom is 0.319 e. The van der Waals surface area contributed by atoms with Crippen LogP contribution in [0.4, 0.5) is 20.7 Å². The van der Waals surface area contributed by atoms with Gasteiger partial charge in [0.2, 0.25) is 0 Å². The molecule has 1 atom stereocenters. The van der Waals surface area contributed by atoms with Crippen LogP contribution in [0.2, 0.25) is 0 Å². The molecule has 0 spiro atoms. The van der Waals surface area contributed by atoms with Crippen molar-refractivity contribution in [2.24, 2.45) is 0 Å². The van der Waals surface area contributed by atoms with Crippen LogP contribution < -0.4 is 15.5 Å². The van der Waals surface area contributed by atoms with Crippen molar-refractivity contribution in [3.05, 3.63) is 84.6 Å². The summed E-state index contributed by atoms with van der Waals surface area (Å²) in [6.07, 6.45) is 5.79. The monoisotopic (exact) mass is 444 g/mol. The number of urea groups is 1. The highest BCUT2D eigenvalue weighted by Crippen LogP contribution is 2.21. The van der Waals surface area contributed by atoms with E-state index in [4.69, 9.17) is 0 Å². The Bertz CT molecular complexity index is 1230. The molecule has 2 N–H and O–H groups in total. The van der Waals surface area contributed by atoms with Gasteiger partial charge in [0, 0.05) is 19.6 Å². The fraction of sp³-hybridized carbons (Fsp3) is 0.240. The predicted octanol–water partition coefficient (Wildman–Crippen LogP) is 4.73. The van der Waals surface area contributed by atoms with Gasteiger partial charge < -0.3 is 20.1 Å². The molecule has 0 saturated carbocycles. The first-order valence-electron chi connectivity index (χ1n) is 11.1. The van der Waals surface area contributed by atoms with E-state index in [1.807, 2.05) is 41.0 Å². The second-order valence-electron chi connectivity index (χ2n) is 8.19. The van der Waals surface area contributed by atoms with Crippen molar-refractivity contribution in [3.63, 3.8) is 0 Å². The number of carbonyl (C=O) groups excluding carboxylic acids is 1. The molecule has 1 aliphatic rings. The average Bonchev–Trinajstić information content (AvgIpc) is 3.51. The van der Waals surface area contributed by atoms with Crippen LogP contribution in [0.15, 0.2) is 73.2 Å². The highest BCUT2D eigenvalue weighted by molar-refractivity contribution is 5.89. The Kier molecular flexibility index (Phi) is 5.89. The van der Waals surface area contributed by atoms with Crippen molar-refractivity contribution in [3.8, 4) is 0 Å². The van der Waals surface area contributed by atoms with Gasteiger partial charge in [-0.05, 0) is 54.8 Å². The molecule has 168 valence electrons. The first-order chi connectivity index (χ1) is 16.2. The minimum atomic E-state index is -0.389. The van der Waals surface area contributed by atoms with Crippen LogP contribution in [-0.4, -0.2) is 33.7 Å². The lowest BCUT2D eigenvalue weighted by Crippen LogP contribution is -2.34. The molecule has 5 rings (SSSR count). The van der Waals surface area contributed by atoms with Gasteiger partial charge in [-0.3, -0.25) is 0 Å². The number of pyridine rings is 1. The Balaban J connectivity index is 1.32. The summed E-state index contributed by atoms with van der Waals surface area (Å²) in [7, 11) is 0. The number of anilines is 2. The van der Waals surface area contributed by atoms with E-state index in [0.717, 1.165) is 35.5 Å². The lowest BCUT2D eigenvalue weighted by atomic mass is 10.1. The molecule has 33 heavy (non-hydrogen) atoms. The highest BCUT2D eigenvalue weighted by atomic mass is 19.1. The van der Waals surface area contributed by atoms with Gasteiger partial charge in [-0.2, -0.15) is 0 Å². The number of nitrogens with zero attached hydrogens (tertiary/aromatic N) is 4. The number of amides is 2. The second-order valence-corrected chi connectivity index (χ2v) is 8.19. The Morgan fingerprint density at radius 1 is 1.00 bits per heavy atom. The number of benzene rings is 2. The van der Waals surface area contributed by atoms with Crippen molar-refractivity contribution in [2.45, 2.75) is 25.4 Å². The third-order valence-corrected chi connectivity index (χ3v) is 5.92. The lowest BCUT2D eigenvalue weighted by Gasteiger charge is -2.21. The van der Waals surface area contributed by atoms with Crippen LogP contribution in [0.1, 0.15) is 24.4 Å². The molecule has 8 heteroatoms. The smallest absolute Gasteiger partial charge is 0.319 e. The summed E-state index contributed by atoms with van der Waals surface area (Å²) in [6, 6.07) is 17.0. The molecule has 3 heterocycles. The van der Waals surface area contributed by atoms with Gasteiger partial charge in [0.05, 0.1) is 35.3 Å². The summed E-state index contributed by atoms with van der Waals surface area (Å²) in [5, 5.41) is 5.87. The Labute approximate surface area is 191 Å². The van der Waals surface area contributed by atoms with Crippen molar-refractivity contribution in [1.29, 1.82) is 0 Å². The summed E-state index contributed by atoms with van der Waals surface area (Å²) in [4.78, 5) is 24.0. The standard InChI is InChI=1S/C25H25FN6O/c26-19-9-7-18(8-10-19)22(16-32-17-28-21-5-1-2-6-23(21)32)30-25(33)29-20-11-12-24(27-15-20)31-13-3-4-14-31/h1-2,5-12,15,17,22H,3-4,13-14,16H2,(H2,29,30,33). The summed E-state index contributed by atoms with van der Waals surface area (Å²) in [6.45, 7) is 2.48. The number of hydrogen-bond donors (Lipinski definition) is 2. The van der Waals surface area contributed by atoms with E-state index in [-0.39, 0.29) is 17.9 Å². The second kappa shape index (κ2) is 9.28. The van der Waals surface area contributed by atoms with Crippen LogP contribution in [0.5, 0.6) is 0 Å². The first-order valence-corrected chi connectivity index (χ1v) is 11.1. The average molecular weight is 445 g/mol. The fourth-order valence-electron chi connectivity index (χ4n) is 4.20. The van der Waals surface area contributed by atoms with Gasteiger partial charge in [0.25, 0.3) is 0 Å². The zero-order valence-electron chi connectivity index (χ0n) is 18.1. The van der Waals surface area contributed by atoms with E-state index in [9.17, 15) is 9.18 Å². The number of halogens is 1. The SMILES string of the molecule is O=C(Nc1ccc(N2CCCC2)nc1)NC(Cn1cnc2ccccc21)c1ccc(F)cc1. The van der Waals surface area contributed by atoms with Crippen molar-refractivity contribution in [2.75, 3.05) is 23.3 Å². The molecule has 2 aromatic carbocycles. The van der Waals surface area contributed by atoms with Crippen molar-refractivity contribution < 1.29 is 9.18 Å². The van der Waals surface area contributed by atoms with Crippen LogP contribution in [0.3, 0.4) is 0 Å². The molecule has 4 aromatic rings. The third-order valence-electron chi connectivity index (χ3n) is 5.92. The number of fused-ring (bicyclic) bond motifs is 1. The number of carbonyl (C=O) groups is 1. The maximum absolute atomic E-state index is 13.5. The first kappa shape index (κ1) is 20.9. The summed E-state index contributed by atoms with van der Waals surface area (Å²) < 4.78 is 15.5. The molecule has 7 nitrogen and oxygen atoms in total. The maximum atomic E-state index is 13.5. The van der Waals surface area contributed by atoms with E-state index in [2.05, 4.69) is 25.5 Å². The summed E-state index contributed by atoms with van der Waals surface area (Å²) >= 11 is 0. The Morgan fingerprint density at radius 2 is 1.79 bits per heavy atom. The summed E-state index contributed by atoms with van der Waals surface area (Å²) in [5.41, 5.74) is 3.26. The molecule has 0 aliphatic carbocycles. The zero-order valence-corrected chi connectivity index (χ0v) is 18.1. The van der Waals surface area contributed by atoms with E-state index in [0.29, 0.717) is 12.2 Å². The van der Waals surface area contributed by atoms with Crippen LogP contribution in [0.25, 0.3) is 11.0 Å². The van der Waals surface area contributed by atoms with E-state index < -0.39 is 0 Å². The van der Waals surface area contributed by atoms with Crippen LogP contribution in [-0.2, 0) is 6.54 Å². The largest absolute Gasteiger partial charge is 0.357 e. The number of nitrogens with one attached hydrogen (secondary N) is 2. The third kappa shape index (κ3) is 4.79. The predicted molar refractivity (Wildman–Crippen MR) is 127 cm³/mol. The van der Waals surface area contributed by atoms with Gasteiger partial charge in [-0.25, -0.2) is 19.2 Å². The quantitative estimate of drug-likeness (QED) is 0.451. The molecule has 2 amide bonds. The fourth-order valence-corrected chi connectivity index (χ4v) is 4.20. The highest BCUT2D eigenvalue weighted by Gasteiger charge is 2.18. The molecule has 1 aliphatic heterocycles. The van der Waals surface area contributed by atoms with E-state index >= 15 is 0 Å². The lowest BCUT2D eigenvalue weighted by molar-refractivity contribution is 0.247. The Morgan fingerprint density at radius 3 is 2.55 bits per heavy atom. The Hall–Kier alpha value is -3.94. The van der Waals surface area contributed by atoms with E-state index in [1.165, 1.54) is 25.0 Å². The van der Waals surface area contributed by atoms with Gasteiger partial charge in [-0.1, -0.05) is 24.3 Å². The minimum Gasteiger partial charge on any atom is -0.357 e.